The summed E-state index contributed by atoms with van der Waals surface area (Å²) in [6, 6.07) is 6.43. The molecule has 0 spiro atoms. The fourth-order valence-corrected chi connectivity index (χ4v) is 2.38. The smallest absolute Gasteiger partial charge is 0.125 e. The molecule has 20 heavy (non-hydrogen) atoms. The Labute approximate surface area is 119 Å². The Bertz CT molecular complexity index is 558. The number of unbranched alkanes of at least 4 members (excludes halogenated alkanes) is 2. The van der Waals surface area contributed by atoms with Crippen molar-refractivity contribution in [1.29, 1.82) is 0 Å². The molecule has 1 heterocycles. The van der Waals surface area contributed by atoms with E-state index < -0.39 is 0 Å². The van der Waals surface area contributed by atoms with Crippen LogP contribution < -0.4 is 5.73 Å². The van der Waals surface area contributed by atoms with E-state index in [0.29, 0.717) is 0 Å². The van der Waals surface area contributed by atoms with E-state index >= 15 is 0 Å². The van der Waals surface area contributed by atoms with Crippen LogP contribution in [0.3, 0.4) is 0 Å². The third-order valence-electron chi connectivity index (χ3n) is 3.54. The number of nitrogens with zero attached hydrogens (tertiary/aromatic N) is 2. The zero-order chi connectivity index (χ0) is 14.5. The predicted octanol–water partition coefficient (Wildman–Crippen LogP) is 4.02. The van der Waals surface area contributed by atoms with Crippen molar-refractivity contribution in [2.45, 2.75) is 46.1 Å². The van der Waals surface area contributed by atoms with E-state index in [1.807, 2.05) is 4.68 Å². The summed E-state index contributed by atoms with van der Waals surface area (Å²) in [5.41, 5.74) is 9.04. The van der Waals surface area contributed by atoms with E-state index in [1.165, 1.54) is 25.0 Å². The second-order valence-electron chi connectivity index (χ2n) is 5.00. The first kappa shape index (κ1) is 14.6. The average Bonchev–Trinajstić information content (AvgIpc) is 2.77. The second kappa shape index (κ2) is 6.55. The van der Waals surface area contributed by atoms with Gasteiger partial charge >= 0.3 is 0 Å². The minimum atomic E-state index is -0.234. The van der Waals surface area contributed by atoms with Crippen molar-refractivity contribution < 1.29 is 4.39 Å². The molecule has 0 radical (unpaired) electrons. The fraction of sp³-hybridized carbons (Fsp3) is 0.438. The normalized spacial score (nSPS) is 10.9. The Hall–Kier alpha value is -1.84. The third-order valence-corrected chi connectivity index (χ3v) is 3.54. The van der Waals surface area contributed by atoms with Crippen LogP contribution in [0.5, 0.6) is 0 Å². The summed E-state index contributed by atoms with van der Waals surface area (Å²) < 4.78 is 14.9. The molecule has 2 N–H and O–H groups in total. The van der Waals surface area contributed by atoms with Crippen LogP contribution in [-0.4, -0.2) is 9.78 Å². The van der Waals surface area contributed by atoms with E-state index in [-0.39, 0.29) is 5.82 Å². The molecule has 0 aliphatic heterocycles. The molecule has 0 atom stereocenters. The molecule has 0 saturated carbocycles. The summed E-state index contributed by atoms with van der Waals surface area (Å²) in [5, 5.41) is 4.62. The molecule has 0 saturated heterocycles. The molecular weight excluding hydrogens is 253 g/mol. The second-order valence-corrected chi connectivity index (χ2v) is 5.00. The Kier molecular flexibility index (Phi) is 4.77. The maximum absolute atomic E-state index is 13.0. The summed E-state index contributed by atoms with van der Waals surface area (Å²) in [6.07, 6.45) is 4.25. The first-order valence-electron chi connectivity index (χ1n) is 7.28. The highest BCUT2D eigenvalue weighted by atomic mass is 19.1. The summed E-state index contributed by atoms with van der Waals surface area (Å²) in [4.78, 5) is 0. The quantitative estimate of drug-likeness (QED) is 0.809. The number of nitrogen functional groups attached to an aromatic ring is 1. The van der Waals surface area contributed by atoms with Crippen LogP contribution in [0.4, 0.5) is 10.2 Å². The lowest BCUT2D eigenvalue weighted by Gasteiger charge is -2.03. The lowest BCUT2D eigenvalue weighted by Crippen LogP contribution is -2.05. The Morgan fingerprint density at radius 2 is 1.85 bits per heavy atom. The largest absolute Gasteiger partial charge is 0.384 e. The van der Waals surface area contributed by atoms with E-state index in [1.54, 1.807) is 12.1 Å². The van der Waals surface area contributed by atoms with Gasteiger partial charge < -0.3 is 5.73 Å². The minimum absolute atomic E-state index is 0.234. The van der Waals surface area contributed by atoms with Crippen molar-refractivity contribution in [3.8, 4) is 11.3 Å². The number of anilines is 1. The molecule has 0 amide bonds. The van der Waals surface area contributed by atoms with Gasteiger partial charge in [-0.15, -0.1) is 0 Å². The number of aryl methyl sites for hydroxylation is 1. The summed E-state index contributed by atoms with van der Waals surface area (Å²) in [7, 11) is 0. The van der Waals surface area contributed by atoms with Gasteiger partial charge in [0.1, 0.15) is 11.6 Å². The molecule has 2 rings (SSSR count). The standard InChI is InChI=1S/C16H22FN3/c1-3-5-6-11-20-16(18)14(4-2)15(19-20)12-7-9-13(17)10-8-12/h7-10H,3-6,11,18H2,1-2H3. The number of rotatable bonds is 6. The molecule has 0 fully saturated rings. The van der Waals surface area contributed by atoms with Gasteiger partial charge in [-0.3, -0.25) is 0 Å². The Morgan fingerprint density at radius 3 is 2.45 bits per heavy atom. The molecule has 2 aromatic rings. The molecule has 4 heteroatoms. The fourth-order valence-electron chi connectivity index (χ4n) is 2.38. The number of hydrogen-bond acceptors (Lipinski definition) is 2. The lowest BCUT2D eigenvalue weighted by atomic mass is 10.1. The Balaban J connectivity index is 2.32. The SMILES string of the molecule is CCCCCn1nc(-c2ccc(F)cc2)c(CC)c1N. The van der Waals surface area contributed by atoms with Crippen molar-refractivity contribution in [3.05, 3.63) is 35.6 Å². The molecule has 1 aromatic carbocycles. The number of halogens is 1. The van der Waals surface area contributed by atoms with Crippen LogP contribution in [0, 0.1) is 5.82 Å². The highest BCUT2D eigenvalue weighted by Gasteiger charge is 2.15. The van der Waals surface area contributed by atoms with Crippen LogP contribution in [0.25, 0.3) is 11.3 Å². The van der Waals surface area contributed by atoms with Gasteiger partial charge in [-0.2, -0.15) is 5.10 Å². The first-order chi connectivity index (χ1) is 9.67. The van der Waals surface area contributed by atoms with Gasteiger partial charge in [-0.25, -0.2) is 9.07 Å². The number of aromatic nitrogens is 2. The number of hydrogen-bond donors (Lipinski definition) is 1. The molecule has 0 aliphatic rings. The summed E-state index contributed by atoms with van der Waals surface area (Å²) >= 11 is 0. The Morgan fingerprint density at radius 1 is 1.15 bits per heavy atom. The molecule has 108 valence electrons. The molecule has 0 aliphatic carbocycles. The van der Waals surface area contributed by atoms with Crippen molar-refractivity contribution in [2.24, 2.45) is 0 Å². The minimum Gasteiger partial charge on any atom is -0.384 e. The topological polar surface area (TPSA) is 43.8 Å². The molecule has 0 unspecified atom stereocenters. The molecular formula is C16H22FN3. The van der Waals surface area contributed by atoms with Gasteiger partial charge in [-0.05, 0) is 37.1 Å². The molecule has 3 nitrogen and oxygen atoms in total. The molecule has 1 aromatic heterocycles. The van der Waals surface area contributed by atoms with Crippen molar-refractivity contribution >= 4 is 5.82 Å². The van der Waals surface area contributed by atoms with Crippen molar-refractivity contribution in [1.82, 2.24) is 9.78 Å². The maximum atomic E-state index is 13.0. The van der Waals surface area contributed by atoms with Gasteiger partial charge in [0, 0.05) is 17.7 Å². The van der Waals surface area contributed by atoms with Gasteiger partial charge in [-0.1, -0.05) is 26.7 Å². The summed E-state index contributed by atoms with van der Waals surface area (Å²) in [6.45, 7) is 5.08. The maximum Gasteiger partial charge on any atom is 0.125 e. The van der Waals surface area contributed by atoms with Crippen LogP contribution >= 0.6 is 0 Å². The number of benzene rings is 1. The van der Waals surface area contributed by atoms with Gasteiger partial charge in [0.2, 0.25) is 0 Å². The van der Waals surface area contributed by atoms with Crippen LogP contribution in [0.15, 0.2) is 24.3 Å². The third kappa shape index (κ3) is 3.00. The van der Waals surface area contributed by atoms with E-state index in [4.69, 9.17) is 5.73 Å². The van der Waals surface area contributed by atoms with Crippen molar-refractivity contribution in [3.63, 3.8) is 0 Å². The predicted molar refractivity (Wildman–Crippen MR) is 80.9 cm³/mol. The van der Waals surface area contributed by atoms with E-state index in [0.717, 1.165) is 42.0 Å². The first-order valence-corrected chi connectivity index (χ1v) is 7.28. The monoisotopic (exact) mass is 275 g/mol. The van der Waals surface area contributed by atoms with Crippen LogP contribution in [-0.2, 0) is 13.0 Å². The summed E-state index contributed by atoms with van der Waals surface area (Å²) in [5.74, 6) is 0.505. The van der Waals surface area contributed by atoms with Gasteiger partial charge in [0.05, 0.1) is 5.69 Å². The van der Waals surface area contributed by atoms with E-state index in [2.05, 4.69) is 18.9 Å². The van der Waals surface area contributed by atoms with Crippen molar-refractivity contribution in [2.75, 3.05) is 5.73 Å². The highest BCUT2D eigenvalue weighted by molar-refractivity contribution is 5.68. The average molecular weight is 275 g/mol. The van der Waals surface area contributed by atoms with Crippen LogP contribution in [0.1, 0.15) is 38.7 Å². The zero-order valence-corrected chi connectivity index (χ0v) is 12.2. The molecule has 0 bridgehead atoms. The highest BCUT2D eigenvalue weighted by Crippen LogP contribution is 2.28. The zero-order valence-electron chi connectivity index (χ0n) is 12.2. The van der Waals surface area contributed by atoms with E-state index in [9.17, 15) is 4.39 Å². The van der Waals surface area contributed by atoms with Gasteiger partial charge in [0.15, 0.2) is 0 Å². The van der Waals surface area contributed by atoms with Crippen LogP contribution in [0.2, 0.25) is 0 Å². The number of nitrogens with two attached hydrogens (primary N) is 1. The lowest BCUT2D eigenvalue weighted by molar-refractivity contribution is 0.560. The van der Waals surface area contributed by atoms with Gasteiger partial charge in [0.25, 0.3) is 0 Å².